The molecule has 0 radical (unpaired) electrons. The van der Waals surface area contributed by atoms with Crippen LogP contribution in [0.25, 0.3) is 0 Å². The molecule has 4 heteroatoms. The fourth-order valence-electron chi connectivity index (χ4n) is 3.02. The normalized spacial score (nSPS) is 26.7. The predicted octanol–water partition coefficient (Wildman–Crippen LogP) is 1.46. The zero-order valence-electron chi connectivity index (χ0n) is 10.8. The van der Waals surface area contributed by atoms with Crippen molar-refractivity contribution in [3.05, 3.63) is 35.4 Å². The van der Waals surface area contributed by atoms with Crippen LogP contribution < -0.4 is 10.6 Å². The molecule has 1 aromatic rings. The van der Waals surface area contributed by atoms with E-state index in [2.05, 4.69) is 28.8 Å². The van der Waals surface area contributed by atoms with Gasteiger partial charge in [0.1, 0.15) is 0 Å². The smallest absolute Gasteiger partial charge is 0.243 e. The van der Waals surface area contributed by atoms with Crippen LogP contribution in [-0.4, -0.2) is 17.9 Å². The molecule has 1 aromatic carbocycles. The number of benzene rings is 1. The van der Waals surface area contributed by atoms with Crippen molar-refractivity contribution in [3.8, 4) is 0 Å². The van der Waals surface area contributed by atoms with E-state index in [-0.39, 0.29) is 23.9 Å². The van der Waals surface area contributed by atoms with Crippen molar-refractivity contribution in [1.82, 2.24) is 10.6 Å². The summed E-state index contributed by atoms with van der Waals surface area (Å²) in [4.78, 5) is 22.9. The van der Waals surface area contributed by atoms with Gasteiger partial charge in [-0.15, -0.1) is 0 Å². The zero-order valence-corrected chi connectivity index (χ0v) is 10.8. The Morgan fingerprint density at radius 3 is 2.74 bits per heavy atom. The molecule has 1 aliphatic carbocycles. The molecular weight excluding hydrogens is 240 g/mol. The molecule has 1 saturated heterocycles. The third-order valence-corrected chi connectivity index (χ3v) is 4.01. The molecular formula is C15H18N2O2. The minimum absolute atomic E-state index is 0.160. The molecule has 4 nitrogen and oxygen atoms in total. The molecule has 1 fully saturated rings. The van der Waals surface area contributed by atoms with Crippen LogP contribution in [0.1, 0.15) is 42.9 Å². The number of fused-ring (bicyclic) bond motifs is 1. The van der Waals surface area contributed by atoms with Gasteiger partial charge in [0.2, 0.25) is 11.8 Å². The summed E-state index contributed by atoms with van der Waals surface area (Å²) in [6.45, 7) is 0. The lowest BCUT2D eigenvalue weighted by Gasteiger charge is -2.31. The lowest BCUT2D eigenvalue weighted by Crippen LogP contribution is -2.51. The lowest BCUT2D eigenvalue weighted by molar-refractivity contribution is -0.134. The number of carbonyl (C=O) groups excluding carboxylic acids is 2. The Bertz CT molecular complexity index is 513. The first kappa shape index (κ1) is 12.4. The Morgan fingerprint density at radius 1 is 1.05 bits per heavy atom. The third-order valence-electron chi connectivity index (χ3n) is 4.01. The highest BCUT2D eigenvalue weighted by Crippen LogP contribution is 2.30. The van der Waals surface area contributed by atoms with Gasteiger partial charge in [-0.1, -0.05) is 24.3 Å². The molecule has 0 saturated carbocycles. The van der Waals surface area contributed by atoms with Crippen molar-refractivity contribution in [2.45, 2.75) is 44.2 Å². The van der Waals surface area contributed by atoms with Crippen molar-refractivity contribution in [2.24, 2.45) is 0 Å². The molecule has 0 aromatic heterocycles. The van der Waals surface area contributed by atoms with Crippen molar-refractivity contribution >= 4 is 11.8 Å². The van der Waals surface area contributed by atoms with E-state index in [0.717, 1.165) is 19.3 Å². The molecule has 19 heavy (non-hydrogen) atoms. The Balaban J connectivity index is 1.74. The minimum Gasteiger partial charge on any atom is -0.299 e. The molecule has 2 atom stereocenters. The average molecular weight is 258 g/mol. The van der Waals surface area contributed by atoms with Crippen molar-refractivity contribution in [2.75, 3.05) is 0 Å². The first-order chi connectivity index (χ1) is 9.24. The van der Waals surface area contributed by atoms with E-state index in [1.54, 1.807) is 0 Å². The second-order valence-corrected chi connectivity index (χ2v) is 5.31. The van der Waals surface area contributed by atoms with Crippen LogP contribution in [0, 0.1) is 0 Å². The summed E-state index contributed by atoms with van der Waals surface area (Å²) in [5.74, 6) is -0.341. The highest BCUT2D eigenvalue weighted by molar-refractivity contribution is 6.00. The van der Waals surface area contributed by atoms with E-state index >= 15 is 0 Å². The van der Waals surface area contributed by atoms with Crippen LogP contribution in [0.5, 0.6) is 0 Å². The van der Waals surface area contributed by atoms with Crippen LogP contribution in [-0.2, 0) is 16.0 Å². The molecule has 3 rings (SSSR count). The van der Waals surface area contributed by atoms with Gasteiger partial charge in [0, 0.05) is 12.5 Å². The Labute approximate surface area is 112 Å². The van der Waals surface area contributed by atoms with Gasteiger partial charge in [0.25, 0.3) is 0 Å². The van der Waals surface area contributed by atoms with E-state index in [4.69, 9.17) is 0 Å². The fourth-order valence-corrected chi connectivity index (χ4v) is 3.02. The topological polar surface area (TPSA) is 58.2 Å². The van der Waals surface area contributed by atoms with Gasteiger partial charge in [-0.3, -0.25) is 20.2 Å². The van der Waals surface area contributed by atoms with Crippen LogP contribution in [0.2, 0.25) is 0 Å². The number of amides is 2. The summed E-state index contributed by atoms with van der Waals surface area (Å²) in [6, 6.07) is 8.39. The SMILES string of the molecule is O=C1CCC(NC2CCCc3ccccc32)C(=O)N1. The highest BCUT2D eigenvalue weighted by atomic mass is 16.2. The Kier molecular flexibility index (Phi) is 3.34. The summed E-state index contributed by atoms with van der Waals surface area (Å²) in [6.07, 6.45) is 4.33. The number of hydrogen-bond acceptors (Lipinski definition) is 3. The second-order valence-electron chi connectivity index (χ2n) is 5.31. The van der Waals surface area contributed by atoms with Gasteiger partial charge in [-0.05, 0) is 36.8 Å². The first-order valence-corrected chi connectivity index (χ1v) is 6.91. The molecule has 1 heterocycles. The summed E-state index contributed by atoms with van der Waals surface area (Å²) >= 11 is 0. The molecule has 2 amide bonds. The maximum atomic E-state index is 11.8. The maximum absolute atomic E-state index is 11.8. The van der Waals surface area contributed by atoms with E-state index in [1.165, 1.54) is 11.1 Å². The van der Waals surface area contributed by atoms with Crippen LogP contribution >= 0.6 is 0 Å². The van der Waals surface area contributed by atoms with Gasteiger partial charge < -0.3 is 0 Å². The van der Waals surface area contributed by atoms with Crippen LogP contribution in [0.4, 0.5) is 0 Å². The fraction of sp³-hybridized carbons (Fsp3) is 0.467. The standard InChI is InChI=1S/C15H18N2O2/c18-14-9-8-13(15(19)17-14)16-12-7-3-5-10-4-1-2-6-11(10)12/h1-2,4,6,12-13,16H,3,5,7-9H2,(H,17,18,19). The van der Waals surface area contributed by atoms with Gasteiger partial charge >= 0.3 is 0 Å². The summed E-state index contributed by atoms with van der Waals surface area (Å²) in [5, 5.41) is 5.82. The molecule has 1 aliphatic heterocycles. The molecule has 2 N–H and O–H groups in total. The molecule has 0 bridgehead atoms. The van der Waals surface area contributed by atoms with E-state index < -0.39 is 0 Å². The largest absolute Gasteiger partial charge is 0.299 e. The van der Waals surface area contributed by atoms with Gasteiger partial charge in [-0.2, -0.15) is 0 Å². The van der Waals surface area contributed by atoms with Gasteiger partial charge in [-0.25, -0.2) is 0 Å². The molecule has 2 unspecified atom stereocenters. The minimum atomic E-state index is -0.242. The van der Waals surface area contributed by atoms with Crippen molar-refractivity contribution < 1.29 is 9.59 Å². The summed E-state index contributed by atoms with van der Waals surface area (Å²) in [7, 11) is 0. The Morgan fingerprint density at radius 2 is 1.89 bits per heavy atom. The maximum Gasteiger partial charge on any atom is 0.243 e. The van der Waals surface area contributed by atoms with E-state index in [9.17, 15) is 9.59 Å². The number of rotatable bonds is 2. The number of aryl methyl sites for hydroxylation is 1. The Hall–Kier alpha value is -1.68. The first-order valence-electron chi connectivity index (χ1n) is 6.91. The van der Waals surface area contributed by atoms with Crippen LogP contribution in [0.15, 0.2) is 24.3 Å². The number of hydrogen-bond donors (Lipinski definition) is 2. The van der Waals surface area contributed by atoms with Gasteiger partial charge in [0.05, 0.1) is 6.04 Å². The van der Waals surface area contributed by atoms with Crippen LogP contribution in [0.3, 0.4) is 0 Å². The van der Waals surface area contributed by atoms with E-state index in [1.807, 2.05) is 6.07 Å². The van der Waals surface area contributed by atoms with Crippen molar-refractivity contribution in [3.63, 3.8) is 0 Å². The van der Waals surface area contributed by atoms with Gasteiger partial charge in [0.15, 0.2) is 0 Å². The van der Waals surface area contributed by atoms with E-state index in [0.29, 0.717) is 12.8 Å². The van der Waals surface area contributed by atoms with Crippen molar-refractivity contribution in [1.29, 1.82) is 0 Å². The summed E-state index contributed by atoms with van der Waals surface area (Å²) < 4.78 is 0. The molecule has 2 aliphatic rings. The number of carbonyl (C=O) groups is 2. The molecule has 100 valence electrons. The summed E-state index contributed by atoms with van der Waals surface area (Å²) in [5.41, 5.74) is 2.68. The second kappa shape index (κ2) is 5.13. The number of nitrogens with one attached hydrogen (secondary N) is 2. The molecule has 0 spiro atoms. The number of piperidine rings is 1. The predicted molar refractivity (Wildman–Crippen MR) is 71.4 cm³/mol. The average Bonchev–Trinajstić information content (AvgIpc) is 2.42. The zero-order chi connectivity index (χ0) is 13.2. The third kappa shape index (κ3) is 2.54. The highest BCUT2D eigenvalue weighted by Gasteiger charge is 2.30. The number of imide groups is 1. The quantitative estimate of drug-likeness (QED) is 0.790. The monoisotopic (exact) mass is 258 g/mol. The lowest BCUT2D eigenvalue weighted by atomic mass is 9.87.